The Labute approximate surface area is 115 Å². The van der Waals surface area contributed by atoms with E-state index in [0.29, 0.717) is 11.8 Å². The Kier molecular flexibility index (Phi) is 5.92. The first-order valence-electron chi connectivity index (χ1n) is 7.50. The highest BCUT2D eigenvalue weighted by Gasteiger charge is 2.25. The molecule has 1 saturated heterocycles. The highest BCUT2D eigenvalue weighted by Crippen LogP contribution is 2.24. The second-order valence-electron chi connectivity index (χ2n) is 5.65. The number of aliphatic imine (C=N–C) groups is 1. The lowest BCUT2D eigenvalue weighted by atomic mass is 10.0. The van der Waals surface area contributed by atoms with Crippen LogP contribution in [0, 0.1) is 11.8 Å². The summed E-state index contributed by atoms with van der Waals surface area (Å²) in [4.78, 5) is 4.24. The van der Waals surface area contributed by atoms with Crippen molar-refractivity contribution in [2.24, 2.45) is 16.8 Å². The molecule has 2 fully saturated rings. The minimum atomic E-state index is -0.138. The highest BCUT2D eigenvalue weighted by molar-refractivity contribution is 5.79. The van der Waals surface area contributed by atoms with Crippen molar-refractivity contribution in [1.82, 2.24) is 10.6 Å². The van der Waals surface area contributed by atoms with E-state index in [4.69, 9.17) is 4.74 Å². The van der Waals surface area contributed by atoms with Gasteiger partial charge in [0.1, 0.15) is 0 Å². The lowest BCUT2D eigenvalue weighted by molar-refractivity contribution is 0.0675. The molecule has 0 aromatic heterocycles. The molecule has 0 amide bonds. The molecular formula is C14H27N3O2. The molecule has 19 heavy (non-hydrogen) atoms. The summed E-state index contributed by atoms with van der Waals surface area (Å²) in [7, 11) is 1.80. The van der Waals surface area contributed by atoms with E-state index in [1.54, 1.807) is 7.05 Å². The predicted molar refractivity (Wildman–Crippen MR) is 76.3 cm³/mol. The van der Waals surface area contributed by atoms with E-state index >= 15 is 0 Å². The first-order valence-corrected chi connectivity index (χ1v) is 7.50. The number of guanidine groups is 1. The Bertz CT molecular complexity index is 290. The van der Waals surface area contributed by atoms with E-state index in [2.05, 4.69) is 15.6 Å². The SMILES string of the molecule is CN=C(NCC1CCOCC1)NCC1CCCC1O. The average molecular weight is 269 g/mol. The summed E-state index contributed by atoms with van der Waals surface area (Å²) < 4.78 is 5.36. The van der Waals surface area contributed by atoms with Gasteiger partial charge in [-0.05, 0) is 31.6 Å². The summed E-state index contributed by atoms with van der Waals surface area (Å²) in [6.07, 6.45) is 5.32. The van der Waals surface area contributed by atoms with Crippen LogP contribution >= 0.6 is 0 Å². The van der Waals surface area contributed by atoms with E-state index in [1.807, 2.05) is 0 Å². The molecule has 2 unspecified atom stereocenters. The zero-order valence-corrected chi connectivity index (χ0v) is 11.9. The predicted octanol–water partition coefficient (Wildman–Crippen LogP) is 0.739. The number of nitrogens with zero attached hydrogens (tertiary/aromatic N) is 1. The van der Waals surface area contributed by atoms with Gasteiger partial charge in [-0.2, -0.15) is 0 Å². The second-order valence-corrected chi connectivity index (χ2v) is 5.65. The summed E-state index contributed by atoms with van der Waals surface area (Å²) in [5, 5.41) is 16.5. The lowest BCUT2D eigenvalue weighted by Gasteiger charge is -2.24. The van der Waals surface area contributed by atoms with Gasteiger partial charge in [-0.3, -0.25) is 4.99 Å². The van der Waals surface area contributed by atoms with Gasteiger partial charge in [0.15, 0.2) is 5.96 Å². The van der Waals surface area contributed by atoms with E-state index in [0.717, 1.165) is 64.4 Å². The Morgan fingerprint density at radius 2 is 1.89 bits per heavy atom. The molecule has 2 aliphatic rings. The minimum Gasteiger partial charge on any atom is -0.393 e. The molecule has 5 heteroatoms. The Morgan fingerprint density at radius 1 is 1.16 bits per heavy atom. The van der Waals surface area contributed by atoms with Crippen LogP contribution in [-0.2, 0) is 4.74 Å². The molecule has 1 heterocycles. The van der Waals surface area contributed by atoms with E-state index < -0.39 is 0 Å². The summed E-state index contributed by atoms with van der Waals surface area (Å²) in [5.74, 6) is 1.91. The van der Waals surface area contributed by atoms with Crippen molar-refractivity contribution in [3.8, 4) is 0 Å². The van der Waals surface area contributed by atoms with E-state index in [9.17, 15) is 5.11 Å². The maximum absolute atomic E-state index is 9.79. The molecule has 0 radical (unpaired) electrons. The molecule has 0 aromatic carbocycles. The number of aliphatic hydroxyl groups excluding tert-OH is 1. The van der Waals surface area contributed by atoms with Crippen LogP contribution in [0.15, 0.2) is 4.99 Å². The van der Waals surface area contributed by atoms with Gasteiger partial charge in [0.2, 0.25) is 0 Å². The third kappa shape index (κ3) is 4.66. The van der Waals surface area contributed by atoms with Gasteiger partial charge in [0, 0.05) is 39.3 Å². The van der Waals surface area contributed by atoms with Gasteiger partial charge >= 0.3 is 0 Å². The van der Waals surface area contributed by atoms with Crippen LogP contribution in [0.3, 0.4) is 0 Å². The number of rotatable bonds is 4. The molecule has 1 aliphatic carbocycles. The van der Waals surface area contributed by atoms with Gasteiger partial charge < -0.3 is 20.5 Å². The smallest absolute Gasteiger partial charge is 0.190 e. The maximum Gasteiger partial charge on any atom is 0.190 e. The van der Waals surface area contributed by atoms with Crippen LogP contribution in [0.1, 0.15) is 32.1 Å². The first kappa shape index (κ1) is 14.6. The largest absolute Gasteiger partial charge is 0.393 e. The van der Waals surface area contributed by atoms with Gasteiger partial charge in [0.25, 0.3) is 0 Å². The van der Waals surface area contributed by atoms with Crippen molar-refractivity contribution in [2.75, 3.05) is 33.4 Å². The molecular weight excluding hydrogens is 242 g/mol. The Morgan fingerprint density at radius 3 is 2.53 bits per heavy atom. The normalized spacial score (nSPS) is 29.5. The molecule has 3 N–H and O–H groups in total. The molecule has 1 aliphatic heterocycles. The zero-order valence-electron chi connectivity index (χ0n) is 11.9. The summed E-state index contributed by atoms with van der Waals surface area (Å²) in [5.41, 5.74) is 0. The van der Waals surface area contributed by atoms with Crippen LogP contribution in [0.4, 0.5) is 0 Å². The van der Waals surface area contributed by atoms with E-state index in [1.165, 1.54) is 0 Å². The number of ether oxygens (including phenoxy) is 1. The van der Waals surface area contributed by atoms with Crippen LogP contribution < -0.4 is 10.6 Å². The highest BCUT2D eigenvalue weighted by atomic mass is 16.5. The van der Waals surface area contributed by atoms with Crippen molar-refractivity contribution >= 4 is 5.96 Å². The molecule has 110 valence electrons. The second kappa shape index (κ2) is 7.70. The fraction of sp³-hybridized carbons (Fsp3) is 0.929. The molecule has 2 rings (SSSR count). The molecule has 5 nitrogen and oxygen atoms in total. The Hall–Kier alpha value is -0.810. The number of hydrogen-bond acceptors (Lipinski definition) is 3. The van der Waals surface area contributed by atoms with Gasteiger partial charge in [0.05, 0.1) is 6.10 Å². The number of hydrogen-bond donors (Lipinski definition) is 3. The quantitative estimate of drug-likeness (QED) is 0.520. The first-order chi connectivity index (χ1) is 9.29. The maximum atomic E-state index is 9.79. The summed E-state index contributed by atoms with van der Waals surface area (Å²) in [6, 6.07) is 0. The molecule has 2 atom stereocenters. The van der Waals surface area contributed by atoms with Crippen molar-refractivity contribution in [3.05, 3.63) is 0 Å². The fourth-order valence-corrected chi connectivity index (χ4v) is 2.90. The van der Waals surface area contributed by atoms with Crippen molar-refractivity contribution < 1.29 is 9.84 Å². The van der Waals surface area contributed by atoms with Crippen molar-refractivity contribution in [3.63, 3.8) is 0 Å². The van der Waals surface area contributed by atoms with Gasteiger partial charge in [-0.1, -0.05) is 6.42 Å². The number of nitrogens with one attached hydrogen (secondary N) is 2. The molecule has 1 saturated carbocycles. The monoisotopic (exact) mass is 269 g/mol. The molecule has 0 aromatic rings. The minimum absolute atomic E-state index is 0.138. The van der Waals surface area contributed by atoms with Gasteiger partial charge in [-0.15, -0.1) is 0 Å². The van der Waals surface area contributed by atoms with E-state index in [-0.39, 0.29) is 6.10 Å². The topological polar surface area (TPSA) is 65.9 Å². The van der Waals surface area contributed by atoms with Crippen LogP contribution in [0.5, 0.6) is 0 Å². The van der Waals surface area contributed by atoms with Crippen LogP contribution in [0.25, 0.3) is 0 Å². The lowest BCUT2D eigenvalue weighted by Crippen LogP contribution is -2.43. The third-order valence-electron chi connectivity index (χ3n) is 4.27. The Balaban J connectivity index is 1.65. The van der Waals surface area contributed by atoms with Gasteiger partial charge in [-0.25, -0.2) is 0 Å². The molecule has 0 spiro atoms. The standard InChI is InChI=1S/C14H27N3O2/c1-15-14(16-9-11-5-7-19-8-6-11)17-10-12-3-2-4-13(12)18/h11-13,18H,2-10H2,1H3,(H2,15,16,17). The molecule has 0 bridgehead atoms. The van der Waals surface area contributed by atoms with Crippen LogP contribution in [0.2, 0.25) is 0 Å². The average Bonchev–Trinajstić information content (AvgIpc) is 2.86. The van der Waals surface area contributed by atoms with Crippen molar-refractivity contribution in [2.45, 2.75) is 38.2 Å². The zero-order chi connectivity index (χ0) is 13.5. The van der Waals surface area contributed by atoms with Crippen molar-refractivity contribution in [1.29, 1.82) is 0 Å². The third-order valence-corrected chi connectivity index (χ3v) is 4.27. The summed E-state index contributed by atoms with van der Waals surface area (Å²) in [6.45, 7) is 3.53. The summed E-state index contributed by atoms with van der Waals surface area (Å²) >= 11 is 0. The fourth-order valence-electron chi connectivity index (χ4n) is 2.90. The number of aliphatic hydroxyl groups is 1. The van der Waals surface area contributed by atoms with Crippen LogP contribution in [-0.4, -0.2) is 50.5 Å².